The van der Waals surface area contributed by atoms with Crippen LogP contribution in [0.2, 0.25) is 52.4 Å². The number of hydrogen-bond donors (Lipinski definition) is 0. The quantitative estimate of drug-likeness (QED) is 0.164. The molecule has 0 saturated carbocycles. The van der Waals surface area contributed by atoms with E-state index < -0.39 is 37.6 Å². The summed E-state index contributed by atoms with van der Waals surface area (Å²) >= 11 is -4.78. The van der Waals surface area contributed by atoms with E-state index in [1.165, 1.54) is 66.0 Å². The van der Waals surface area contributed by atoms with Gasteiger partial charge >= 0.3 is 291 Å². The number of hydrogen-bond acceptors (Lipinski definition) is 0. The van der Waals surface area contributed by atoms with Gasteiger partial charge in [0.05, 0.1) is 0 Å². The number of rotatable bonds is 7. The Morgan fingerprint density at radius 2 is 0.891 bits per heavy atom. The standard InChI is InChI=1S/2C19H21Si.C2H7Si.2ClH.Zr/c2*1-14-12-16-10-11-18(20(2,3)4)19(17(16)13-14)15-8-6-5-7-9-15;1-3-2;;;/h2*5-13H,1-4H3;3H,1-2H3;2*1H;/q;;;;;+2/p-2. The maximum atomic E-state index is 8.62. The fourth-order valence-electron chi connectivity index (χ4n) is 8.58. The summed E-state index contributed by atoms with van der Waals surface area (Å²) in [7, 11) is 13.9. The molecule has 0 heterocycles. The number of benzene rings is 4. The first-order chi connectivity index (χ1) is 21.5. The van der Waals surface area contributed by atoms with Crippen LogP contribution in [-0.2, 0) is 15.6 Å². The molecule has 0 spiro atoms. The fraction of sp³-hybridized carbons (Fsp3) is 0.300. The molecule has 6 heteroatoms. The van der Waals surface area contributed by atoms with E-state index >= 15 is 0 Å². The van der Waals surface area contributed by atoms with Crippen molar-refractivity contribution in [1.29, 1.82) is 0 Å². The Bertz CT molecular complexity index is 1760. The molecule has 4 aromatic carbocycles. The Balaban J connectivity index is 1.62. The molecule has 0 aliphatic heterocycles. The minimum absolute atomic E-state index is 0.0979. The molecule has 6 rings (SSSR count). The molecule has 2 aliphatic rings. The van der Waals surface area contributed by atoms with Gasteiger partial charge < -0.3 is 0 Å². The van der Waals surface area contributed by atoms with Gasteiger partial charge in [0.1, 0.15) is 0 Å². The third-order valence-electron chi connectivity index (χ3n) is 10.8. The van der Waals surface area contributed by atoms with E-state index in [4.69, 9.17) is 17.0 Å². The minimum atomic E-state index is -4.78. The summed E-state index contributed by atoms with van der Waals surface area (Å²) in [4.78, 5) is 0. The molecule has 0 aromatic heterocycles. The third-order valence-corrected chi connectivity index (χ3v) is 67.1. The Labute approximate surface area is 288 Å². The summed E-state index contributed by atoms with van der Waals surface area (Å²) in [6.45, 7) is 24.3. The summed E-state index contributed by atoms with van der Waals surface area (Å²) in [5.74, 6) is -1.61. The monoisotopic (exact) mass is 773 g/mol. The van der Waals surface area contributed by atoms with Gasteiger partial charge in [-0.05, 0) is 0 Å². The molecule has 2 aliphatic carbocycles. The summed E-state index contributed by atoms with van der Waals surface area (Å²) in [6.07, 6.45) is 4.94. The molecule has 0 saturated heterocycles. The van der Waals surface area contributed by atoms with Gasteiger partial charge in [0.25, 0.3) is 0 Å². The summed E-state index contributed by atoms with van der Waals surface area (Å²) in [5, 5.41) is 3.02. The van der Waals surface area contributed by atoms with E-state index in [9.17, 15) is 0 Å². The second-order valence-electron chi connectivity index (χ2n) is 16.2. The first-order valence-corrected chi connectivity index (χ1v) is 40.2. The Morgan fingerprint density at radius 1 is 0.543 bits per heavy atom. The average Bonchev–Trinajstić information content (AvgIpc) is 3.52. The van der Waals surface area contributed by atoms with E-state index in [1.807, 2.05) is 0 Å². The van der Waals surface area contributed by atoms with Crippen molar-refractivity contribution in [2.24, 2.45) is 0 Å². The van der Waals surface area contributed by atoms with Crippen LogP contribution in [0.5, 0.6) is 0 Å². The van der Waals surface area contributed by atoms with E-state index in [1.54, 1.807) is 0 Å². The molecular formula is C40H49Cl2Si3Zr. The van der Waals surface area contributed by atoms with Gasteiger partial charge in [0.2, 0.25) is 0 Å². The van der Waals surface area contributed by atoms with Gasteiger partial charge in [-0.1, -0.05) is 0 Å². The van der Waals surface area contributed by atoms with Crippen molar-refractivity contribution < 1.29 is 15.6 Å². The van der Waals surface area contributed by atoms with Crippen LogP contribution in [0.15, 0.2) is 96.1 Å². The van der Waals surface area contributed by atoms with Crippen molar-refractivity contribution >= 4 is 61.6 Å². The Hall–Kier alpha value is -1.53. The zero-order valence-corrected chi connectivity index (χ0v) is 36.4. The van der Waals surface area contributed by atoms with E-state index in [-0.39, 0.29) is 7.25 Å². The van der Waals surface area contributed by atoms with Crippen LogP contribution in [0.25, 0.3) is 34.4 Å². The van der Waals surface area contributed by atoms with Gasteiger partial charge in [-0.25, -0.2) is 0 Å². The second kappa shape index (κ2) is 11.8. The molecule has 0 N–H and O–H groups in total. The molecule has 0 bridgehead atoms. The van der Waals surface area contributed by atoms with E-state index in [0.29, 0.717) is 0 Å². The summed E-state index contributed by atoms with van der Waals surface area (Å²) in [6, 6.07) is 31.8. The molecule has 4 aromatic rings. The second-order valence-corrected chi connectivity index (χ2v) is 68.8. The van der Waals surface area contributed by atoms with Crippen molar-refractivity contribution in [2.45, 2.75) is 73.5 Å². The molecule has 0 radical (unpaired) electrons. The Morgan fingerprint density at radius 3 is 1.20 bits per heavy atom. The topological polar surface area (TPSA) is 0 Å². The number of halogens is 2. The van der Waals surface area contributed by atoms with Crippen molar-refractivity contribution in [3.05, 3.63) is 118 Å². The SMILES string of the molecule is CC1=Cc2c(ccc([Si](C)(C)C)c2-c2ccccc2)[CH]1[Zr]([Cl])([Cl])([CH]1C(C)=Cc2c1ccc([Si](C)(C)C)c2-c1ccccc1)[SiH](C)C. The maximum absolute atomic E-state index is 8.62. The zero-order chi connectivity index (χ0) is 33.4. The number of fused-ring (bicyclic) bond motifs is 2. The molecule has 46 heavy (non-hydrogen) atoms. The Kier molecular flexibility index (Phi) is 8.82. The summed E-state index contributed by atoms with van der Waals surface area (Å²) in [5.41, 5.74) is 13.6. The zero-order valence-electron chi connectivity index (χ0n) is 29.2. The molecule has 0 fully saturated rings. The number of allylic oxidation sites excluding steroid dienone is 2. The molecule has 2 atom stereocenters. The first kappa shape index (κ1) is 34.3. The molecule has 0 nitrogen and oxygen atoms in total. The van der Waals surface area contributed by atoms with Gasteiger partial charge in [-0.3, -0.25) is 0 Å². The summed E-state index contributed by atoms with van der Waals surface area (Å²) < 4.78 is 0.196. The van der Waals surface area contributed by atoms with Gasteiger partial charge in [0, 0.05) is 0 Å². The predicted octanol–water partition coefficient (Wildman–Crippen LogP) is 11.7. The molecule has 239 valence electrons. The van der Waals surface area contributed by atoms with Crippen molar-refractivity contribution in [3.8, 4) is 22.3 Å². The van der Waals surface area contributed by atoms with Crippen LogP contribution in [0.3, 0.4) is 0 Å². The normalized spacial score (nSPS) is 18.9. The van der Waals surface area contributed by atoms with Crippen LogP contribution in [0.4, 0.5) is 0 Å². The third kappa shape index (κ3) is 5.39. The van der Waals surface area contributed by atoms with Crippen molar-refractivity contribution in [3.63, 3.8) is 0 Å². The van der Waals surface area contributed by atoms with E-state index in [2.05, 4.69) is 163 Å². The van der Waals surface area contributed by atoms with Crippen LogP contribution in [0.1, 0.15) is 43.4 Å². The van der Waals surface area contributed by atoms with Gasteiger partial charge in [-0.15, -0.1) is 0 Å². The van der Waals surface area contributed by atoms with Crippen LogP contribution in [0, 0.1) is 0 Å². The van der Waals surface area contributed by atoms with Gasteiger partial charge in [-0.2, -0.15) is 0 Å². The predicted molar refractivity (Wildman–Crippen MR) is 213 cm³/mol. The van der Waals surface area contributed by atoms with E-state index in [0.717, 1.165) is 0 Å². The van der Waals surface area contributed by atoms with Crippen molar-refractivity contribution in [2.75, 3.05) is 0 Å². The van der Waals surface area contributed by atoms with Crippen LogP contribution in [-0.4, -0.2) is 22.1 Å². The van der Waals surface area contributed by atoms with Crippen LogP contribution < -0.4 is 10.4 Å². The van der Waals surface area contributed by atoms with Crippen LogP contribution >= 0.6 is 17.0 Å². The molecule has 2 unspecified atom stereocenters. The molecule has 0 amide bonds. The fourth-order valence-corrected chi connectivity index (χ4v) is 44.7. The van der Waals surface area contributed by atoms with Gasteiger partial charge in [0.15, 0.2) is 0 Å². The average molecular weight is 776 g/mol. The molecular weight excluding hydrogens is 727 g/mol. The van der Waals surface area contributed by atoms with Crippen molar-refractivity contribution in [1.82, 2.24) is 0 Å². The first-order valence-electron chi connectivity index (χ1n) is 16.9.